The van der Waals surface area contributed by atoms with E-state index >= 15 is 0 Å². The van der Waals surface area contributed by atoms with Crippen LogP contribution in [0.25, 0.3) is 0 Å². The van der Waals surface area contributed by atoms with Crippen molar-refractivity contribution in [2.24, 2.45) is 0 Å². The van der Waals surface area contributed by atoms with Gasteiger partial charge in [0.1, 0.15) is 6.54 Å². The van der Waals surface area contributed by atoms with Crippen LogP contribution in [0.5, 0.6) is 0 Å². The van der Waals surface area contributed by atoms with Crippen LogP contribution in [0.2, 0.25) is 0 Å². The predicted molar refractivity (Wildman–Crippen MR) is 73.2 cm³/mol. The fraction of sp³-hybridized carbons (Fsp3) is 0.375. The Morgan fingerprint density at radius 2 is 1.61 bits per heavy atom. The fourth-order valence-corrected chi connectivity index (χ4v) is 2.04. The first kappa shape index (κ1) is 12.7. The molecule has 0 saturated heterocycles. The zero-order valence-corrected chi connectivity index (χ0v) is 11.0. The average Bonchev–Trinajstić information content (AvgIpc) is 2.42. The minimum Gasteiger partial charge on any atom is -0.265 e. The summed E-state index contributed by atoms with van der Waals surface area (Å²) < 4.78 is 2.27. The van der Waals surface area contributed by atoms with Gasteiger partial charge < -0.3 is 0 Å². The summed E-state index contributed by atoms with van der Waals surface area (Å²) in [4.78, 5) is 4.04. The van der Waals surface area contributed by atoms with Crippen molar-refractivity contribution in [3.63, 3.8) is 0 Å². The fourth-order valence-electron chi connectivity index (χ4n) is 2.04. The standard InChI is InChI=1S/C16H21N2/c1-2-3-4-11-18-12-7-16(8-13-18)14-15-5-9-17-10-6-15/h5-10,12-13H,2-4,11,14H2,1H3/q+1. The van der Waals surface area contributed by atoms with E-state index in [1.54, 1.807) is 0 Å². The molecule has 2 nitrogen and oxygen atoms in total. The quantitative estimate of drug-likeness (QED) is 0.561. The minimum absolute atomic E-state index is 0.984. The van der Waals surface area contributed by atoms with Crippen LogP contribution in [0.4, 0.5) is 0 Å². The SMILES string of the molecule is CCCCC[n+]1ccc(Cc2ccncc2)cc1. The Bertz CT molecular complexity index is 448. The summed E-state index contributed by atoms with van der Waals surface area (Å²) in [5.74, 6) is 0. The summed E-state index contributed by atoms with van der Waals surface area (Å²) in [6.07, 6.45) is 12.9. The smallest absolute Gasteiger partial charge is 0.169 e. The van der Waals surface area contributed by atoms with Gasteiger partial charge in [-0.3, -0.25) is 4.98 Å². The Labute approximate surface area is 109 Å². The lowest BCUT2D eigenvalue weighted by molar-refractivity contribution is -0.697. The van der Waals surface area contributed by atoms with Gasteiger partial charge in [0.25, 0.3) is 0 Å². The molecule has 2 heterocycles. The Balaban J connectivity index is 1.91. The second kappa shape index (κ2) is 6.90. The molecular weight excluding hydrogens is 220 g/mol. The van der Waals surface area contributed by atoms with Crippen LogP contribution in [0.15, 0.2) is 49.1 Å². The van der Waals surface area contributed by atoms with Crippen molar-refractivity contribution in [2.45, 2.75) is 39.2 Å². The summed E-state index contributed by atoms with van der Waals surface area (Å²) in [6.45, 7) is 3.37. The van der Waals surface area contributed by atoms with Gasteiger partial charge in [-0.25, -0.2) is 4.57 Å². The Morgan fingerprint density at radius 1 is 0.944 bits per heavy atom. The number of unbranched alkanes of at least 4 members (excludes halogenated alkanes) is 2. The van der Waals surface area contributed by atoms with Crippen molar-refractivity contribution in [3.05, 3.63) is 60.2 Å². The zero-order valence-electron chi connectivity index (χ0n) is 11.0. The molecule has 0 spiro atoms. The van der Waals surface area contributed by atoms with E-state index in [0.717, 1.165) is 13.0 Å². The van der Waals surface area contributed by atoms with Crippen LogP contribution in [0.3, 0.4) is 0 Å². The number of pyridine rings is 2. The summed E-state index contributed by atoms with van der Waals surface area (Å²) in [6, 6.07) is 8.57. The number of aromatic nitrogens is 2. The van der Waals surface area contributed by atoms with E-state index in [1.807, 2.05) is 12.4 Å². The van der Waals surface area contributed by atoms with Gasteiger partial charge in [-0.05, 0) is 36.1 Å². The Kier molecular flexibility index (Phi) is 4.88. The molecule has 0 bridgehead atoms. The van der Waals surface area contributed by atoms with Gasteiger partial charge in [0, 0.05) is 30.9 Å². The van der Waals surface area contributed by atoms with Crippen LogP contribution < -0.4 is 4.57 Å². The summed E-state index contributed by atoms with van der Waals surface area (Å²) in [5, 5.41) is 0. The number of hydrogen-bond donors (Lipinski definition) is 0. The third kappa shape index (κ3) is 3.95. The maximum Gasteiger partial charge on any atom is 0.169 e. The van der Waals surface area contributed by atoms with Gasteiger partial charge in [-0.2, -0.15) is 0 Å². The molecule has 0 saturated carbocycles. The highest BCUT2D eigenvalue weighted by molar-refractivity contribution is 5.21. The highest BCUT2D eigenvalue weighted by Gasteiger charge is 2.01. The Hall–Kier alpha value is -1.70. The third-order valence-corrected chi connectivity index (χ3v) is 3.14. The average molecular weight is 241 g/mol. The second-order valence-corrected chi connectivity index (χ2v) is 4.68. The lowest BCUT2D eigenvalue weighted by Crippen LogP contribution is -2.32. The van der Waals surface area contributed by atoms with Crippen molar-refractivity contribution < 1.29 is 4.57 Å². The van der Waals surface area contributed by atoms with Crippen molar-refractivity contribution >= 4 is 0 Å². The molecule has 2 heteroatoms. The van der Waals surface area contributed by atoms with Crippen LogP contribution in [0, 0.1) is 0 Å². The van der Waals surface area contributed by atoms with E-state index in [-0.39, 0.29) is 0 Å². The molecule has 0 aliphatic carbocycles. The van der Waals surface area contributed by atoms with Crippen molar-refractivity contribution in [1.82, 2.24) is 4.98 Å². The molecule has 0 atom stereocenters. The first-order valence-electron chi connectivity index (χ1n) is 6.75. The van der Waals surface area contributed by atoms with Crippen molar-refractivity contribution in [3.8, 4) is 0 Å². The first-order chi connectivity index (χ1) is 8.88. The Morgan fingerprint density at radius 3 is 2.28 bits per heavy atom. The van der Waals surface area contributed by atoms with E-state index in [9.17, 15) is 0 Å². The number of hydrogen-bond acceptors (Lipinski definition) is 1. The van der Waals surface area contributed by atoms with Crippen LogP contribution in [-0.4, -0.2) is 4.98 Å². The van der Waals surface area contributed by atoms with E-state index in [2.05, 4.69) is 53.1 Å². The number of aryl methyl sites for hydroxylation is 1. The largest absolute Gasteiger partial charge is 0.265 e. The molecule has 0 unspecified atom stereocenters. The molecule has 0 amide bonds. The van der Waals surface area contributed by atoms with E-state index in [4.69, 9.17) is 0 Å². The molecule has 18 heavy (non-hydrogen) atoms. The van der Waals surface area contributed by atoms with E-state index in [1.165, 1.54) is 30.4 Å². The molecule has 2 rings (SSSR count). The molecule has 0 aliphatic heterocycles. The van der Waals surface area contributed by atoms with Gasteiger partial charge in [-0.15, -0.1) is 0 Å². The minimum atomic E-state index is 0.984. The molecule has 2 aromatic rings. The van der Waals surface area contributed by atoms with Gasteiger partial charge in [0.2, 0.25) is 0 Å². The van der Waals surface area contributed by atoms with Gasteiger partial charge in [-0.1, -0.05) is 13.3 Å². The molecule has 0 radical (unpaired) electrons. The van der Waals surface area contributed by atoms with Gasteiger partial charge in [0.15, 0.2) is 12.4 Å². The second-order valence-electron chi connectivity index (χ2n) is 4.68. The number of rotatable bonds is 6. The normalized spacial score (nSPS) is 10.5. The summed E-state index contributed by atoms with van der Waals surface area (Å²) >= 11 is 0. The summed E-state index contributed by atoms with van der Waals surface area (Å²) in [5.41, 5.74) is 2.67. The van der Waals surface area contributed by atoms with Crippen LogP contribution in [0.1, 0.15) is 37.3 Å². The van der Waals surface area contributed by atoms with E-state index in [0.29, 0.717) is 0 Å². The van der Waals surface area contributed by atoms with Crippen molar-refractivity contribution in [1.29, 1.82) is 0 Å². The van der Waals surface area contributed by atoms with Crippen LogP contribution in [-0.2, 0) is 13.0 Å². The maximum atomic E-state index is 4.04. The molecule has 0 fully saturated rings. The van der Waals surface area contributed by atoms with E-state index < -0.39 is 0 Å². The molecular formula is C16H21N2+. The first-order valence-corrected chi connectivity index (χ1v) is 6.75. The zero-order chi connectivity index (χ0) is 12.6. The molecule has 0 aliphatic rings. The monoisotopic (exact) mass is 241 g/mol. The molecule has 2 aromatic heterocycles. The summed E-state index contributed by atoms with van der Waals surface area (Å²) in [7, 11) is 0. The lowest BCUT2D eigenvalue weighted by Gasteiger charge is -2.01. The lowest BCUT2D eigenvalue weighted by atomic mass is 10.1. The number of nitrogens with zero attached hydrogens (tertiary/aromatic N) is 2. The topological polar surface area (TPSA) is 16.8 Å². The van der Waals surface area contributed by atoms with Crippen molar-refractivity contribution in [2.75, 3.05) is 0 Å². The molecule has 0 N–H and O–H groups in total. The predicted octanol–water partition coefficient (Wildman–Crippen LogP) is 3.15. The van der Waals surface area contributed by atoms with Crippen LogP contribution >= 0.6 is 0 Å². The van der Waals surface area contributed by atoms with Gasteiger partial charge >= 0.3 is 0 Å². The highest BCUT2D eigenvalue weighted by Crippen LogP contribution is 2.06. The molecule has 0 aromatic carbocycles. The highest BCUT2D eigenvalue weighted by atomic mass is 14.9. The third-order valence-electron chi connectivity index (χ3n) is 3.14. The molecule has 94 valence electrons. The maximum absolute atomic E-state index is 4.04. The van der Waals surface area contributed by atoms with Gasteiger partial charge in [0.05, 0.1) is 0 Å².